The van der Waals surface area contributed by atoms with Gasteiger partial charge in [-0.1, -0.05) is 0 Å². The number of nitrogens with one attached hydrogen (secondary N) is 2. The SMILES string of the molecule is CN1CCC(CNc2nc3ccc(N)cc3[nH]2)C1. The van der Waals surface area contributed by atoms with Gasteiger partial charge < -0.3 is 20.9 Å². The fraction of sp³-hybridized carbons (Fsp3) is 0.462. The lowest BCUT2D eigenvalue weighted by molar-refractivity contribution is 0.399. The van der Waals surface area contributed by atoms with Gasteiger partial charge in [-0.3, -0.25) is 0 Å². The largest absolute Gasteiger partial charge is 0.399 e. The van der Waals surface area contributed by atoms with Gasteiger partial charge >= 0.3 is 0 Å². The standard InChI is InChI=1S/C13H19N5/c1-18-5-4-9(8-18)7-15-13-16-11-3-2-10(14)6-12(11)17-13/h2-3,6,9H,4-5,7-8,14H2,1H3,(H2,15,16,17). The molecule has 5 nitrogen and oxygen atoms in total. The van der Waals surface area contributed by atoms with Gasteiger partial charge in [0, 0.05) is 18.8 Å². The van der Waals surface area contributed by atoms with Crippen molar-refractivity contribution in [1.29, 1.82) is 0 Å². The van der Waals surface area contributed by atoms with Crippen LogP contribution >= 0.6 is 0 Å². The van der Waals surface area contributed by atoms with Crippen molar-refractivity contribution < 1.29 is 0 Å². The highest BCUT2D eigenvalue weighted by molar-refractivity contribution is 5.80. The molecular formula is C13H19N5. The molecule has 4 N–H and O–H groups in total. The molecule has 18 heavy (non-hydrogen) atoms. The van der Waals surface area contributed by atoms with E-state index in [9.17, 15) is 0 Å². The van der Waals surface area contributed by atoms with Crippen molar-refractivity contribution >= 4 is 22.7 Å². The minimum atomic E-state index is 0.716. The van der Waals surface area contributed by atoms with Gasteiger partial charge in [-0.25, -0.2) is 4.98 Å². The third kappa shape index (κ3) is 2.26. The molecule has 0 aliphatic carbocycles. The quantitative estimate of drug-likeness (QED) is 0.717. The Hall–Kier alpha value is -1.75. The van der Waals surface area contributed by atoms with Gasteiger partial charge in [0.05, 0.1) is 11.0 Å². The van der Waals surface area contributed by atoms with Gasteiger partial charge in [0.1, 0.15) is 0 Å². The van der Waals surface area contributed by atoms with E-state index in [1.807, 2.05) is 18.2 Å². The summed E-state index contributed by atoms with van der Waals surface area (Å²) in [6.07, 6.45) is 1.26. The molecule has 2 aromatic rings. The molecule has 0 spiro atoms. The molecule has 96 valence electrons. The maximum absolute atomic E-state index is 5.75. The Labute approximate surface area is 106 Å². The predicted octanol–water partition coefficient (Wildman–Crippen LogP) is 1.51. The molecule has 1 saturated heterocycles. The van der Waals surface area contributed by atoms with Crippen LogP contribution in [0.2, 0.25) is 0 Å². The van der Waals surface area contributed by atoms with E-state index in [1.54, 1.807) is 0 Å². The second-order valence-corrected chi connectivity index (χ2v) is 5.16. The molecule has 1 fully saturated rings. The number of hydrogen-bond acceptors (Lipinski definition) is 4. The Balaban J connectivity index is 1.67. The lowest BCUT2D eigenvalue weighted by Crippen LogP contribution is -2.19. The van der Waals surface area contributed by atoms with Crippen LogP contribution in [0.1, 0.15) is 6.42 Å². The van der Waals surface area contributed by atoms with Crippen LogP contribution in [0.15, 0.2) is 18.2 Å². The third-order valence-electron chi connectivity index (χ3n) is 3.55. The van der Waals surface area contributed by atoms with Crippen molar-refractivity contribution in [1.82, 2.24) is 14.9 Å². The van der Waals surface area contributed by atoms with Gasteiger partial charge in [0.25, 0.3) is 0 Å². The summed E-state index contributed by atoms with van der Waals surface area (Å²) in [6.45, 7) is 3.34. The zero-order valence-electron chi connectivity index (χ0n) is 10.6. The zero-order chi connectivity index (χ0) is 12.5. The molecule has 0 saturated carbocycles. The highest BCUT2D eigenvalue weighted by Gasteiger charge is 2.19. The van der Waals surface area contributed by atoms with Crippen LogP contribution in [-0.2, 0) is 0 Å². The number of nitrogen functional groups attached to an aromatic ring is 1. The number of rotatable bonds is 3. The molecule has 0 amide bonds. The molecule has 1 aromatic carbocycles. The predicted molar refractivity (Wildman–Crippen MR) is 74.6 cm³/mol. The molecule has 3 rings (SSSR count). The first-order chi connectivity index (χ1) is 8.70. The molecule has 1 aromatic heterocycles. The summed E-state index contributed by atoms with van der Waals surface area (Å²) in [5.74, 6) is 1.55. The number of anilines is 2. The first-order valence-corrected chi connectivity index (χ1v) is 6.38. The number of imidazole rings is 1. The summed E-state index contributed by atoms with van der Waals surface area (Å²) >= 11 is 0. The van der Waals surface area contributed by atoms with E-state index in [4.69, 9.17) is 5.73 Å². The molecule has 0 bridgehead atoms. The van der Waals surface area contributed by atoms with E-state index < -0.39 is 0 Å². The second-order valence-electron chi connectivity index (χ2n) is 5.16. The lowest BCUT2D eigenvalue weighted by Gasteiger charge is -2.10. The zero-order valence-corrected chi connectivity index (χ0v) is 10.6. The first-order valence-electron chi connectivity index (χ1n) is 6.38. The molecule has 1 aliphatic heterocycles. The third-order valence-corrected chi connectivity index (χ3v) is 3.55. The average Bonchev–Trinajstić information content (AvgIpc) is 2.92. The number of hydrogen-bond donors (Lipinski definition) is 3. The Kier molecular flexibility index (Phi) is 2.83. The van der Waals surface area contributed by atoms with Gasteiger partial charge in [0.15, 0.2) is 0 Å². The van der Waals surface area contributed by atoms with Crippen molar-refractivity contribution in [3.8, 4) is 0 Å². The number of fused-ring (bicyclic) bond motifs is 1. The molecule has 1 atom stereocenters. The smallest absolute Gasteiger partial charge is 0.201 e. The van der Waals surface area contributed by atoms with Crippen LogP contribution < -0.4 is 11.1 Å². The fourth-order valence-corrected chi connectivity index (χ4v) is 2.54. The van der Waals surface area contributed by atoms with E-state index >= 15 is 0 Å². The molecule has 2 heterocycles. The van der Waals surface area contributed by atoms with Gasteiger partial charge in [0.2, 0.25) is 5.95 Å². The molecular weight excluding hydrogens is 226 g/mol. The summed E-state index contributed by atoms with van der Waals surface area (Å²) in [5, 5.41) is 3.38. The van der Waals surface area contributed by atoms with Gasteiger partial charge in [-0.15, -0.1) is 0 Å². The molecule has 0 radical (unpaired) electrons. The number of aromatic amines is 1. The van der Waals surface area contributed by atoms with Crippen molar-refractivity contribution in [2.45, 2.75) is 6.42 Å². The molecule has 1 unspecified atom stereocenters. The Morgan fingerprint density at radius 2 is 2.44 bits per heavy atom. The fourth-order valence-electron chi connectivity index (χ4n) is 2.54. The van der Waals surface area contributed by atoms with Gasteiger partial charge in [-0.2, -0.15) is 0 Å². The minimum Gasteiger partial charge on any atom is -0.399 e. The van der Waals surface area contributed by atoms with Crippen molar-refractivity contribution in [2.75, 3.05) is 37.7 Å². The number of nitrogens with two attached hydrogens (primary N) is 1. The number of H-pyrrole nitrogens is 1. The monoisotopic (exact) mass is 245 g/mol. The highest BCUT2D eigenvalue weighted by Crippen LogP contribution is 2.18. The minimum absolute atomic E-state index is 0.716. The number of benzene rings is 1. The summed E-state index contributed by atoms with van der Waals surface area (Å²) in [5.41, 5.74) is 8.45. The number of aromatic nitrogens is 2. The summed E-state index contributed by atoms with van der Waals surface area (Å²) in [4.78, 5) is 10.1. The Bertz CT molecular complexity index is 547. The van der Waals surface area contributed by atoms with E-state index in [2.05, 4.69) is 27.2 Å². The van der Waals surface area contributed by atoms with Crippen molar-refractivity contribution in [2.24, 2.45) is 5.92 Å². The van der Waals surface area contributed by atoms with Crippen molar-refractivity contribution in [3.63, 3.8) is 0 Å². The lowest BCUT2D eigenvalue weighted by atomic mass is 10.1. The first kappa shape index (κ1) is 11.3. The summed E-state index contributed by atoms with van der Waals surface area (Å²) in [7, 11) is 2.17. The number of likely N-dealkylation sites (tertiary alicyclic amines) is 1. The summed E-state index contributed by atoms with van der Waals surface area (Å²) in [6, 6.07) is 5.73. The van der Waals surface area contributed by atoms with E-state index in [0.717, 1.165) is 29.2 Å². The van der Waals surface area contributed by atoms with Crippen molar-refractivity contribution in [3.05, 3.63) is 18.2 Å². The Morgan fingerprint density at radius 3 is 3.22 bits per heavy atom. The Morgan fingerprint density at radius 1 is 1.56 bits per heavy atom. The molecule has 5 heteroatoms. The summed E-state index contributed by atoms with van der Waals surface area (Å²) < 4.78 is 0. The van der Waals surface area contributed by atoms with E-state index in [0.29, 0.717) is 5.92 Å². The highest BCUT2D eigenvalue weighted by atomic mass is 15.1. The maximum Gasteiger partial charge on any atom is 0.201 e. The molecule has 1 aliphatic rings. The topological polar surface area (TPSA) is 70.0 Å². The van der Waals surface area contributed by atoms with Crippen LogP contribution in [0.3, 0.4) is 0 Å². The van der Waals surface area contributed by atoms with Crippen LogP contribution in [0.25, 0.3) is 11.0 Å². The second kappa shape index (κ2) is 4.49. The van der Waals surface area contributed by atoms with E-state index in [1.165, 1.54) is 19.5 Å². The average molecular weight is 245 g/mol. The van der Waals surface area contributed by atoms with Crippen LogP contribution in [0, 0.1) is 5.92 Å². The van der Waals surface area contributed by atoms with Crippen LogP contribution in [0.5, 0.6) is 0 Å². The van der Waals surface area contributed by atoms with E-state index in [-0.39, 0.29) is 0 Å². The van der Waals surface area contributed by atoms with Crippen LogP contribution in [-0.4, -0.2) is 41.5 Å². The van der Waals surface area contributed by atoms with Crippen LogP contribution in [0.4, 0.5) is 11.6 Å². The number of nitrogens with zero attached hydrogens (tertiary/aromatic N) is 2. The maximum atomic E-state index is 5.75. The van der Waals surface area contributed by atoms with Gasteiger partial charge in [-0.05, 0) is 44.1 Å². The normalized spacial score (nSPS) is 20.6.